The third-order valence-corrected chi connectivity index (χ3v) is 7.56. The van der Waals surface area contributed by atoms with Gasteiger partial charge in [-0.3, -0.25) is 9.78 Å². The zero-order chi connectivity index (χ0) is 22.2. The van der Waals surface area contributed by atoms with Crippen molar-refractivity contribution in [3.63, 3.8) is 0 Å². The SMILES string of the molecule is C=[N+](CCc1ccncc1)CCC1CC[C@@H]1OC(=O)C1(c2ccccc2)CCCCCC1. The maximum absolute atomic E-state index is 13.6. The number of rotatable bonds is 9. The van der Waals surface area contributed by atoms with Crippen molar-refractivity contribution < 1.29 is 14.1 Å². The maximum atomic E-state index is 13.6. The molecule has 2 fully saturated rings. The minimum atomic E-state index is -0.458. The van der Waals surface area contributed by atoms with Crippen molar-refractivity contribution in [2.24, 2.45) is 5.92 Å². The van der Waals surface area contributed by atoms with E-state index < -0.39 is 5.41 Å². The second kappa shape index (κ2) is 10.9. The molecule has 32 heavy (non-hydrogen) atoms. The average molecular weight is 434 g/mol. The summed E-state index contributed by atoms with van der Waals surface area (Å²) in [6.07, 6.45) is 14.4. The van der Waals surface area contributed by atoms with E-state index in [1.54, 1.807) is 0 Å². The van der Waals surface area contributed by atoms with Crippen LogP contribution in [0.5, 0.6) is 0 Å². The molecule has 170 valence electrons. The van der Waals surface area contributed by atoms with Gasteiger partial charge in [0.25, 0.3) is 0 Å². The van der Waals surface area contributed by atoms with Crippen molar-refractivity contribution >= 4 is 12.7 Å². The Labute approximate surface area is 192 Å². The molecule has 4 rings (SSSR count). The van der Waals surface area contributed by atoms with Crippen LogP contribution in [-0.4, -0.2) is 41.4 Å². The smallest absolute Gasteiger partial charge is 0.316 e. The second-order valence-electron chi connectivity index (χ2n) is 9.66. The first-order valence-corrected chi connectivity index (χ1v) is 12.4. The van der Waals surface area contributed by atoms with Gasteiger partial charge in [-0.2, -0.15) is 0 Å². The topological polar surface area (TPSA) is 42.2 Å². The van der Waals surface area contributed by atoms with Gasteiger partial charge in [-0.25, -0.2) is 4.58 Å². The molecule has 1 aromatic carbocycles. The predicted molar refractivity (Wildman–Crippen MR) is 128 cm³/mol. The molecule has 0 N–H and O–H groups in total. The van der Waals surface area contributed by atoms with Gasteiger partial charge < -0.3 is 4.74 Å². The number of esters is 1. The van der Waals surface area contributed by atoms with Gasteiger partial charge in [-0.05, 0) is 48.9 Å². The first-order valence-electron chi connectivity index (χ1n) is 12.4. The molecule has 0 saturated heterocycles. The number of hydrogen-bond acceptors (Lipinski definition) is 3. The average Bonchev–Trinajstić information content (AvgIpc) is 3.09. The Morgan fingerprint density at radius 3 is 2.38 bits per heavy atom. The largest absolute Gasteiger partial charge is 0.461 e. The van der Waals surface area contributed by atoms with Crippen LogP contribution in [0.15, 0.2) is 54.9 Å². The van der Waals surface area contributed by atoms with Gasteiger partial charge in [0.2, 0.25) is 0 Å². The Kier molecular flexibility index (Phi) is 7.72. The molecule has 0 spiro atoms. The van der Waals surface area contributed by atoms with E-state index in [4.69, 9.17) is 4.74 Å². The lowest BCUT2D eigenvalue weighted by Gasteiger charge is -2.39. The van der Waals surface area contributed by atoms with E-state index in [1.165, 1.54) is 18.4 Å². The van der Waals surface area contributed by atoms with Crippen LogP contribution in [0.25, 0.3) is 0 Å². The van der Waals surface area contributed by atoms with Crippen molar-refractivity contribution in [3.8, 4) is 0 Å². The number of pyridine rings is 1. The lowest BCUT2D eigenvalue weighted by Crippen LogP contribution is -2.44. The fourth-order valence-electron chi connectivity index (χ4n) is 5.27. The monoisotopic (exact) mass is 433 g/mol. The molecular weight excluding hydrogens is 396 g/mol. The summed E-state index contributed by atoms with van der Waals surface area (Å²) in [5.41, 5.74) is 1.97. The minimum Gasteiger partial charge on any atom is -0.461 e. The zero-order valence-electron chi connectivity index (χ0n) is 19.3. The van der Waals surface area contributed by atoms with Crippen LogP contribution in [-0.2, 0) is 21.4 Å². The van der Waals surface area contributed by atoms with E-state index >= 15 is 0 Å². The third kappa shape index (κ3) is 5.46. The number of aromatic nitrogens is 1. The molecule has 1 heterocycles. The van der Waals surface area contributed by atoms with Crippen LogP contribution in [0.4, 0.5) is 0 Å². The summed E-state index contributed by atoms with van der Waals surface area (Å²) in [5.74, 6) is 0.479. The molecule has 2 atom stereocenters. The predicted octanol–water partition coefficient (Wildman–Crippen LogP) is 5.34. The molecule has 2 aliphatic carbocycles. The fourth-order valence-corrected chi connectivity index (χ4v) is 5.27. The quantitative estimate of drug-likeness (QED) is 0.232. The molecule has 0 amide bonds. The molecule has 2 saturated carbocycles. The summed E-state index contributed by atoms with van der Waals surface area (Å²) in [5, 5.41) is 0. The van der Waals surface area contributed by atoms with Crippen LogP contribution in [0.3, 0.4) is 0 Å². The summed E-state index contributed by atoms with van der Waals surface area (Å²) in [4.78, 5) is 17.6. The molecule has 4 heteroatoms. The maximum Gasteiger partial charge on any atom is 0.316 e. The van der Waals surface area contributed by atoms with Gasteiger partial charge in [0, 0.05) is 31.2 Å². The highest BCUT2D eigenvalue weighted by molar-refractivity contribution is 5.83. The van der Waals surface area contributed by atoms with Gasteiger partial charge in [0.1, 0.15) is 25.9 Å². The van der Waals surface area contributed by atoms with E-state index in [2.05, 4.69) is 52.7 Å². The van der Waals surface area contributed by atoms with Crippen LogP contribution >= 0.6 is 0 Å². The van der Waals surface area contributed by atoms with Crippen molar-refractivity contribution in [2.75, 3.05) is 13.1 Å². The fraction of sp³-hybridized carbons (Fsp3) is 0.536. The first-order chi connectivity index (χ1) is 15.7. The van der Waals surface area contributed by atoms with Gasteiger partial charge in [0.05, 0.1) is 5.41 Å². The molecular formula is C28H37N2O2+. The lowest BCUT2D eigenvalue weighted by atomic mass is 9.73. The molecule has 1 aromatic heterocycles. The Morgan fingerprint density at radius 2 is 1.72 bits per heavy atom. The molecule has 0 bridgehead atoms. The van der Waals surface area contributed by atoms with E-state index in [1.807, 2.05) is 18.5 Å². The second-order valence-corrected chi connectivity index (χ2v) is 9.66. The standard InChI is InChI=1S/C28H37N2O2/c1-30(21-15-23-13-19-29-20-14-23)22-16-24-11-12-26(24)32-27(31)28(17-7-2-3-8-18-28)25-9-5-4-6-10-25/h4-6,9-10,13-14,19-20,24,26H,1-3,7-8,11-12,15-18,21-22H2/q+1/t24?,26-/m0/s1. The Morgan fingerprint density at radius 1 is 1.00 bits per heavy atom. The Balaban J connectivity index is 1.31. The van der Waals surface area contributed by atoms with E-state index in [0.717, 1.165) is 70.0 Å². The zero-order valence-corrected chi connectivity index (χ0v) is 19.3. The van der Waals surface area contributed by atoms with E-state index in [9.17, 15) is 4.79 Å². The molecule has 1 unspecified atom stereocenters. The van der Waals surface area contributed by atoms with Gasteiger partial charge >= 0.3 is 5.97 Å². The third-order valence-electron chi connectivity index (χ3n) is 7.56. The molecule has 4 nitrogen and oxygen atoms in total. The number of hydrogen-bond donors (Lipinski definition) is 0. The molecule has 2 aromatic rings. The normalized spacial score (nSPS) is 22.4. The number of carbonyl (C=O) groups excluding carboxylic acids is 1. The summed E-state index contributed by atoms with van der Waals surface area (Å²) in [6.45, 7) is 6.08. The number of benzene rings is 1. The molecule has 2 aliphatic rings. The van der Waals surface area contributed by atoms with Crippen LogP contribution < -0.4 is 0 Å². The van der Waals surface area contributed by atoms with Gasteiger partial charge in [0.15, 0.2) is 0 Å². The number of ether oxygens (including phenoxy) is 1. The summed E-state index contributed by atoms with van der Waals surface area (Å²) >= 11 is 0. The Bertz CT molecular complexity index is 873. The minimum absolute atomic E-state index is 0.0180. The molecule has 0 radical (unpaired) electrons. The highest BCUT2D eigenvalue weighted by Gasteiger charge is 2.45. The number of nitrogens with zero attached hydrogens (tertiary/aromatic N) is 2. The summed E-state index contributed by atoms with van der Waals surface area (Å²) in [6, 6.07) is 14.5. The number of carbonyl (C=O) groups is 1. The van der Waals surface area contributed by atoms with Crippen LogP contribution in [0.1, 0.15) is 68.9 Å². The van der Waals surface area contributed by atoms with Gasteiger partial charge in [-0.1, -0.05) is 56.0 Å². The lowest BCUT2D eigenvalue weighted by molar-refractivity contribution is -0.521. The van der Waals surface area contributed by atoms with Crippen molar-refractivity contribution in [1.82, 2.24) is 4.98 Å². The summed E-state index contributed by atoms with van der Waals surface area (Å²) < 4.78 is 8.38. The van der Waals surface area contributed by atoms with Crippen LogP contribution in [0.2, 0.25) is 0 Å². The Hall–Kier alpha value is -2.49. The summed E-state index contributed by atoms with van der Waals surface area (Å²) in [7, 11) is 0. The van der Waals surface area contributed by atoms with Gasteiger partial charge in [-0.15, -0.1) is 0 Å². The highest BCUT2D eigenvalue weighted by Crippen LogP contribution is 2.42. The van der Waals surface area contributed by atoms with Crippen molar-refractivity contribution in [1.29, 1.82) is 0 Å². The van der Waals surface area contributed by atoms with Crippen molar-refractivity contribution in [3.05, 3.63) is 66.0 Å². The van der Waals surface area contributed by atoms with Crippen LogP contribution in [0, 0.1) is 5.92 Å². The molecule has 0 aliphatic heterocycles. The highest BCUT2D eigenvalue weighted by atomic mass is 16.5. The van der Waals surface area contributed by atoms with E-state index in [-0.39, 0.29) is 12.1 Å². The van der Waals surface area contributed by atoms with E-state index in [0.29, 0.717) is 5.92 Å². The first kappa shape index (κ1) is 22.7. The van der Waals surface area contributed by atoms with Crippen molar-refractivity contribution in [2.45, 2.75) is 75.7 Å².